The Kier molecular flexibility index (Phi) is 5.57. The monoisotopic (exact) mass is 396 g/mol. The van der Waals surface area contributed by atoms with Crippen LogP contribution >= 0.6 is 11.8 Å². The number of nitrogens with zero attached hydrogens (tertiary/aromatic N) is 1. The minimum absolute atomic E-state index is 0.0000119. The average Bonchev–Trinajstić information content (AvgIpc) is 2.73. The number of carbonyl (C=O) groups excluding carboxylic acids is 2. The van der Waals surface area contributed by atoms with E-state index in [2.05, 4.69) is 5.32 Å². The summed E-state index contributed by atoms with van der Waals surface area (Å²) >= 11 is 1.53. The molecule has 2 aromatic rings. The fourth-order valence-electron chi connectivity index (χ4n) is 3.96. The highest BCUT2D eigenvalue weighted by atomic mass is 32.2. The Morgan fingerprint density at radius 2 is 2.04 bits per heavy atom. The number of fused-ring (bicyclic) bond motifs is 2. The summed E-state index contributed by atoms with van der Waals surface area (Å²) in [5.41, 5.74) is 1.76. The molecule has 4 rings (SSSR count). The third kappa shape index (κ3) is 3.74. The van der Waals surface area contributed by atoms with Crippen molar-refractivity contribution in [2.45, 2.75) is 36.6 Å². The molecule has 2 amide bonds. The van der Waals surface area contributed by atoms with Crippen LogP contribution < -0.4 is 10.1 Å². The van der Waals surface area contributed by atoms with Gasteiger partial charge in [0.05, 0.1) is 17.7 Å². The van der Waals surface area contributed by atoms with Crippen LogP contribution in [0.15, 0.2) is 47.4 Å². The Hall–Kier alpha value is -2.47. The molecule has 2 aliphatic heterocycles. The molecule has 2 aliphatic rings. The van der Waals surface area contributed by atoms with Crippen LogP contribution in [0.25, 0.3) is 0 Å². The largest absolute Gasteiger partial charge is 0.493 e. The lowest BCUT2D eigenvalue weighted by atomic mass is 9.97. The summed E-state index contributed by atoms with van der Waals surface area (Å²) in [6, 6.07) is 13.1. The number of amides is 2. The molecule has 146 valence electrons. The molecular formula is C22H24N2O3S. The summed E-state index contributed by atoms with van der Waals surface area (Å²) in [6.07, 6.45) is 6.05. The van der Waals surface area contributed by atoms with Gasteiger partial charge >= 0.3 is 0 Å². The summed E-state index contributed by atoms with van der Waals surface area (Å²) in [4.78, 5) is 28.8. The van der Waals surface area contributed by atoms with E-state index in [4.69, 9.17) is 4.74 Å². The molecule has 1 N–H and O–H groups in total. The zero-order valence-corrected chi connectivity index (χ0v) is 16.8. The summed E-state index contributed by atoms with van der Waals surface area (Å²) in [5, 5.41) is 2.93. The van der Waals surface area contributed by atoms with E-state index in [-0.39, 0.29) is 17.9 Å². The van der Waals surface area contributed by atoms with E-state index in [9.17, 15) is 9.59 Å². The van der Waals surface area contributed by atoms with E-state index in [0.29, 0.717) is 29.2 Å². The van der Waals surface area contributed by atoms with Crippen molar-refractivity contribution in [2.75, 3.05) is 24.7 Å². The van der Waals surface area contributed by atoms with Gasteiger partial charge in [0.1, 0.15) is 5.75 Å². The van der Waals surface area contributed by atoms with Crippen molar-refractivity contribution >= 4 is 29.3 Å². The molecular weight excluding hydrogens is 372 g/mol. The molecule has 5 nitrogen and oxygen atoms in total. The summed E-state index contributed by atoms with van der Waals surface area (Å²) in [5.74, 6) is 0.413. The molecule has 28 heavy (non-hydrogen) atoms. The maximum absolute atomic E-state index is 13.2. The number of rotatable bonds is 3. The third-order valence-electron chi connectivity index (χ3n) is 5.42. The van der Waals surface area contributed by atoms with Crippen LogP contribution in [0.4, 0.5) is 5.69 Å². The number of ether oxygens (including phenoxy) is 1. The molecule has 1 saturated heterocycles. The predicted molar refractivity (Wildman–Crippen MR) is 111 cm³/mol. The normalized spacial score (nSPS) is 19.0. The van der Waals surface area contributed by atoms with Gasteiger partial charge in [-0.15, -0.1) is 11.8 Å². The van der Waals surface area contributed by atoms with Crippen molar-refractivity contribution < 1.29 is 14.3 Å². The smallest absolute Gasteiger partial charge is 0.257 e. The highest BCUT2D eigenvalue weighted by molar-refractivity contribution is 7.98. The van der Waals surface area contributed by atoms with Crippen molar-refractivity contribution in [1.82, 2.24) is 4.90 Å². The number of hydrogen-bond donors (Lipinski definition) is 1. The predicted octanol–water partition coefficient (Wildman–Crippen LogP) is 4.44. The van der Waals surface area contributed by atoms with Gasteiger partial charge in [0.25, 0.3) is 11.8 Å². The lowest BCUT2D eigenvalue weighted by Crippen LogP contribution is -2.45. The first-order chi connectivity index (χ1) is 13.7. The number of piperidine rings is 1. The van der Waals surface area contributed by atoms with Crippen molar-refractivity contribution in [3.05, 3.63) is 53.6 Å². The second-order valence-electron chi connectivity index (χ2n) is 7.15. The molecule has 2 aromatic carbocycles. The van der Waals surface area contributed by atoms with Crippen molar-refractivity contribution in [1.29, 1.82) is 0 Å². The molecule has 0 saturated carbocycles. The Morgan fingerprint density at radius 3 is 2.89 bits per heavy atom. The quantitative estimate of drug-likeness (QED) is 0.780. The molecule has 1 atom stereocenters. The van der Waals surface area contributed by atoms with Gasteiger partial charge in [0.15, 0.2) is 0 Å². The number of nitrogens with one attached hydrogen (secondary N) is 1. The van der Waals surface area contributed by atoms with Crippen LogP contribution in [0.1, 0.15) is 46.4 Å². The summed E-state index contributed by atoms with van der Waals surface area (Å²) < 4.78 is 5.87. The van der Waals surface area contributed by atoms with Gasteiger partial charge < -0.3 is 15.0 Å². The standard InChI is InChI=1S/C22H24N2O3S/c1-28-20-8-3-2-7-17(20)21(25)23-15-9-10-19-18(14-15)22(26)24-12-5-4-6-16(24)11-13-27-19/h2-3,7-10,14,16H,4-6,11-13H2,1H3,(H,23,25). The van der Waals surface area contributed by atoms with Crippen LogP contribution in [0, 0.1) is 0 Å². The molecule has 1 unspecified atom stereocenters. The van der Waals surface area contributed by atoms with E-state index in [1.807, 2.05) is 29.4 Å². The van der Waals surface area contributed by atoms with E-state index < -0.39 is 0 Å². The fourth-order valence-corrected chi connectivity index (χ4v) is 4.55. The number of thioether (sulfide) groups is 1. The first-order valence-electron chi connectivity index (χ1n) is 9.69. The number of hydrogen-bond acceptors (Lipinski definition) is 4. The molecule has 0 aromatic heterocycles. The van der Waals surface area contributed by atoms with Gasteiger partial charge in [-0.05, 0) is 55.9 Å². The minimum Gasteiger partial charge on any atom is -0.493 e. The van der Waals surface area contributed by atoms with Crippen LogP contribution in [-0.4, -0.2) is 42.2 Å². The SMILES string of the molecule is CSc1ccccc1C(=O)Nc1ccc2c(c1)C(=O)N1CCCCC1CCO2. The molecule has 0 aliphatic carbocycles. The van der Waals surface area contributed by atoms with Crippen LogP contribution in [0.2, 0.25) is 0 Å². The van der Waals surface area contributed by atoms with Crippen molar-refractivity contribution in [3.8, 4) is 5.75 Å². The van der Waals surface area contributed by atoms with Crippen molar-refractivity contribution in [3.63, 3.8) is 0 Å². The molecule has 0 radical (unpaired) electrons. The number of anilines is 1. The van der Waals surface area contributed by atoms with Gasteiger partial charge in [0, 0.05) is 29.6 Å². The highest BCUT2D eigenvalue weighted by Gasteiger charge is 2.31. The van der Waals surface area contributed by atoms with Crippen LogP contribution in [0.5, 0.6) is 5.75 Å². The maximum Gasteiger partial charge on any atom is 0.257 e. The van der Waals surface area contributed by atoms with Crippen molar-refractivity contribution in [2.24, 2.45) is 0 Å². The van der Waals surface area contributed by atoms with E-state index >= 15 is 0 Å². The Bertz CT molecular complexity index is 899. The lowest BCUT2D eigenvalue weighted by molar-refractivity contribution is 0.0548. The number of carbonyl (C=O) groups is 2. The van der Waals surface area contributed by atoms with Gasteiger partial charge in [-0.1, -0.05) is 12.1 Å². The molecule has 1 fully saturated rings. The van der Waals surface area contributed by atoms with E-state index in [1.165, 1.54) is 11.8 Å². The Balaban J connectivity index is 1.61. The van der Waals surface area contributed by atoms with E-state index in [1.54, 1.807) is 24.3 Å². The molecule has 0 bridgehead atoms. The number of benzene rings is 2. The zero-order valence-electron chi connectivity index (χ0n) is 15.9. The topological polar surface area (TPSA) is 58.6 Å². The third-order valence-corrected chi connectivity index (χ3v) is 6.21. The van der Waals surface area contributed by atoms with Gasteiger partial charge in [0.2, 0.25) is 0 Å². The summed E-state index contributed by atoms with van der Waals surface area (Å²) in [6.45, 7) is 1.40. The van der Waals surface area contributed by atoms with Gasteiger partial charge in [-0.2, -0.15) is 0 Å². The molecule has 6 heteroatoms. The molecule has 2 heterocycles. The zero-order chi connectivity index (χ0) is 19.5. The average molecular weight is 397 g/mol. The van der Waals surface area contributed by atoms with Gasteiger partial charge in [-0.3, -0.25) is 9.59 Å². The lowest BCUT2D eigenvalue weighted by Gasteiger charge is -2.37. The van der Waals surface area contributed by atoms with Crippen LogP contribution in [-0.2, 0) is 0 Å². The Labute approximate surface area is 169 Å². The second-order valence-corrected chi connectivity index (χ2v) is 8.00. The maximum atomic E-state index is 13.2. The minimum atomic E-state index is -0.181. The highest BCUT2D eigenvalue weighted by Crippen LogP contribution is 2.31. The first kappa shape index (κ1) is 18.9. The van der Waals surface area contributed by atoms with E-state index in [0.717, 1.165) is 37.1 Å². The summed E-state index contributed by atoms with van der Waals surface area (Å²) in [7, 11) is 0. The first-order valence-corrected chi connectivity index (χ1v) is 10.9. The van der Waals surface area contributed by atoms with Gasteiger partial charge in [-0.25, -0.2) is 0 Å². The molecule has 0 spiro atoms. The fraction of sp³-hybridized carbons (Fsp3) is 0.364. The second kappa shape index (κ2) is 8.27. The van der Waals surface area contributed by atoms with Crippen LogP contribution in [0.3, 0.4) is 0 Å². The Morgan fingerprint density at radius 1 is 1.18 bits per heavy atom.